The number of aromatic nitrogens is 3. The van der Waals surface area contributed by atoms with Gasteiger partial charge in [-0.3, -0.25) is 4.79 Å². The van der Waals surface area contributed by atoms with Gasteiger partial charge in [0.05, 0.1) is 17.6 Å². The van der Waals surface area contributed by atoms with E-state index in [9.17, 15) is 14.7 Å². The van der Waals surface area contributed by atoms with Crippen molar-refractivity contribution in [1.29, 1.82) is 0 Å². The first kappa shape index (κ1) is 24.0. The molecule has 0 aliphatic carbocycles. The molecule has 34 heavy (non-hydrogen) atoms. The Morgan fingerprint density at radius 3 is 2.71 bits per heavy atom. The van der Waals surface area contributed by atoms with E-state index in [1.54, 1.807) is 16.5 Å². The number of amides is 1. The maximum atomic E-state index is 12.7. The van der Waals surface area contributed by atoms with E-state index < -0.39 is 5.60 Å². The zero-order chi connectivity index (χ0) is 24.6. The van der Waals surface area contributed by atoms with Crippen LogP contribution in [-0.2, 0) is 24.9 Å². The summed E-state index contributed by atoms with van der Waals surface area (Å²) in [5.74, 6) is 1.00. The van der Waals surface area contributed by atoms with Crippen molar-refractivity contribution in [2.75, 3.05) is 13.1 Å². The highest BCUT2D eigenvalue weighted by Gasteiger charge is 2.29. The van der Waals surface area contributed by atoms with Gasteiger partial charge in [0.15, 0.2) is 0 Å². The predicted molar refractivity (Wildman–Crippen MR) is 132 cm³/mol. The SMILES string of the molecule is Cc1cc(-c2nc3ccc(CO)cc3n2C[C@@H]2CCCN(C(=O)OC(C)(C)C)C2)cn(C)c1=O. The van der Waals surface area contributed by atoms with Crippen LogP contribution in [0.25, 0.3) is 22.4 Å². The van der Waals surface area contributed by atoms with Crippen LogP contribution in [0, 0.1) is 12.8 Å². The summed E-state index contributed by atoms with van der Waals surface area (Å²) >= 11 is 0. The van der Waals surface area contributed by atoms with Gasteiger partial charge in [0.2, 0.25) is 0 Å². The quantitative estimate of drug-likeness (QED) is 0.631. The van der Waals surface area contributed by atoms with Gasteiger partial charge < -0.3 is 23.9 Å². The third-order valence-electron chi connectivity index (χ3n) is 6.23. The van der Waals surface area contributed by atoms with Crippen molar-refractivity contribution in [3.8, 4) is 11.4 Å². The lowest BCUT2D eigenvalue weighted by Crippen LogP contribution is -2.43. The minimum Gasteiger partial charge on any atom is -0.444 e. The van der Waals surface area contributed by atoms with Crippen molar-refractivity contribution in [3.05, 3.63) is 51.9 Å². The number of hydrogen-bond donors (Lipinski definition) is 1. The Hall–Kier alpha value is -3.13. The molecule has 0 saturated carbocycles. The van der Waals surface area contributed by atoms with Crippen LogP contribution in [0.3, 0.4) is 0 Å². The van der Waals surface area contributed by atoms with E-state index >= 15 is 0 Å². The summed E-state index contributed by atoms with van der Waals surface area (Å²) in [4.78, 5) is 31.6. The maximum Gasteiger partial charge on any atom is 0.410 e. The van der Waals surface area contributed by atoms with E-state index in [0.717, 1.165) is 40.8 Å². The molecule has 0 spiro atoms. The molecule has 1 aliphatic rings. The molecule has 8 nitrogen and oxygen atoms in total. The number of imidazole rings is 1. The van der Waals surface area contributed by atoms with Crippen molar-refractivity contribution in [2.24, 2.45) is 13.0 Å². The number of carbonyl (C=O) groups excluding carboxylic acids is 1. The summed E-state index contributed by atoms with van der Waals surface area (Å²) in [6.45, 7) is 9.37. The second-order valence-electron chi connectivity index (χ2n) is 10.3. The number of aliphatic hydroxyl groups is 1. The van der Waals surface area contributed by atoms with Gasteiger partial charge in [0.1, 0.15) is 11.4 Å². The molecule has 1 saturated heterocycles. The Balaban J connectivity index is 1.71. The highest BCUT2D eigenvalue weighted by Crippen LogP contribution is 2.29. The van der Waals surface area contributed by atoms with Crippen LogP contribution in [-0.4, -0.2) is 48.9 Å². The summed E-state index contributed by atoms with van der Waals surface area (Å²) in [7, 11) is 1.75. The molecule has 1 N–H and O–H groups in total. The molecular formula is C26H34N4O4. The first-order chi connectivity index (χ1) is 16.1. The number of fused-ring (bicyclic) bond motifs is 1. The molecule has 182 valence electrons. The zero-order valence-corrected chi connectivity index (χ0v) is 20.7. The van der Waals surface area contributed by atoms with Crippen molar-refractivity contribution in [3.63, 3.8) is 0 Å². The number of aliphatic hydroxyl groups excluding tert-OH is 1. The van der Waals surface area contributed by atoms with Gasteiger partial charge >= 0.3 is 6.09 Å². The number of benzene rings is 1. The molecule has 1 amide bonds. The van der Waals surface area contributed by atoms with Gasteiger partial charge in [-0.15, -0.1) is 0 Å². The second kappa shape index (κ2) is 9.25. The lowest BCUT2D eigenvalue weighted by atomic mass is 9.98. The number of ether oxygens (including phenoxy) is 1. The van der Waals surface area contributed by atoms with Gasteiger partial charge in [-0.1, -0.05) is 6.07 Å². The van der Waals surface area contributed by atoms with Gasteiger partial charge in [0, 0.05) is 44.0 Å². The van der Waals surface area contributed by atoms with Crippen LogP contribution >= 0.6 is 0 Å². The van der Waals surface area contributed by atoms with Crippen LogP contribution < -0.4 is 5.56 Å². The number of hydrogen-bond acceptors (Lipinski definition) is 5. The van der Waals surface area contributed by atoms with Crippen molar-refractivity contribution in [2.45, 2.75) is 59.3 Å². The molecular weight excluding hydrogens is 432 g/mol. The monoisotopic (exact) mass is 466 g/mol. The lowest BCUT2D eigenvalue weighted by Gasteiger charge is -2.34. The van der Waals surface area contributed by atoms with Crippen LogP contribution in [0.15, 0.2) is 35.3 Å². The molecule has 0 radical (unpaired) electrons. The Labute approximate surface area is 199 Å². The van der Waals surface area contributed by atoms with E-state index in [4.69, 9.17) is 9.72 Å². The minimum atomic E-state index is -0.528. The largest absolute Gasteiger partial charge is 0.444 e. The molecule has 0 bridgehead atoms. The van der Waals surface area contributed by atoms with Crippen LogP contribution in [0.1, 0.15) is 44.7 Å². The molecule has 3 heterocycles. The van der Waals surface area contributed by atoms with E-state index in [0.29, 0.717) is 25.2 Å². The third-order valence-corrected chi connectivity index (χ3v) is 6.23. The summed E-state index contributed by atoms with van der Waals surface area (Å²) in [6.07, 6.45) is 3.44. The number of rotatable bonds is 4. The highest BCUT2D eigenvalue weighted by molar-refractivity contribution is 5.81. The highest BCUT2D eigenvalue weighted by atomic mass is 16.6. The van der Waals surface area contributed by atoms with Gasteiger partial charge in [-0.05, 0) is 70.2 Å². The Kier molecular flexibility index (Phi) is 6.53. The number of pyridine rings is 1. The standard InChI is InChI=1S/C26H34N4O4/c1-17-11-20(15-28(5)24(17)32)23-27-21-9-8-18(16-31)12-22(21)30(23)14-19-7-6-10-29(13-19)25(33)34-26(2,3)4/h8-9,11-12,15,19,31H,6-7,10,13-14,16H2,1-5H3/t19-/m1/s1. The summed E-state index contributed by atoms with van der Waals surface area (Å²) in [5, 5.41) is 9.70. The normalized spacial score (nSPS) is 16.8. The fourth-order valence-corrected chi connectivity index (χ4v) is 4.64. The molecule has 0 unspecified atom stereocenters. The minimum absolute atomic E-state index is 0.0331. The van der Waals surface area contributed by atoms with Crippen molar-refractivity contribution >= 4 is 17.1 Å². The maximum absolute atomic E-state index is 12.7. The van der Waals surface area contributed by atoms with Crippen molar-refractivity contribution in [1.82, 2.24) is 19.0 Å². The van der Waals surface area contributed by atoms with Crippen LogP contribution in [0.4, 0.5) is 4.79 Å². The van der Waals surface area contributed by atoms with E-state index in [1.165, 1.54) is 0 Å². The second-order valence-corrected chi connectivity index (χ2v) is 10.3. The topological polar surface area (TPSA) is 89.6 Å². The molecule has 1 fully saturated rings. The number of nitrogens with zero attached hydrogens (tertiary/aromatic N) is 4. The fourth-order valence-electron chi connectivity index (χ4n) is 4.64. The lowest BCUT2D eigenvalue weighted by molar-refractivity contribution is 0.0158. The molecule has 8 heteroatoms. The Bertz CT molecular complexity index is 1240. The van der Waals surface area contributed by atoms with E-state index in [2.05, 4.69) is 4.57 Å². The number of piperidine rings is 1. The first-order valence-electron chi connectivity index (χ1n) is 11.8. The van der Waals surface area contributed by atoms with E-state index in [1.807, 2.05) is 58.2 Å². The summed E-state index contributed by atoms with van der Waals surface area (Å²) in [6, 6.07) is 7.64. The number of carbonyl (C=O) groups is 1. The fraction of sp³-hybridized carbons (Fsp3) is 0.500. The molecule has 3 aromatic rings. The smallest absolute Gasteiger partial charge is 0.410 e. The summed E-state index contributed by atoms with van der Waals surface area (Å²) < 4.78 is 9.34. The molecule has 2 aromatic heterocycles. The molecule has 1 aliphatic heterocycles. The zero-order valence-electron chi connectivity index (χ0n) is 20.7. The first-order valence-corrected chi connectivity index (χ1v) is 11.8. The van der Waals surface area contributed by atoms with Crippen LogP contribution in [0.5, 0.6) is 0 Å². The molecule has 1 aromatic carbocycles. The Morgan fingerprint density at radius 1 is 1.26 bits per heavy atom. The molecule has 4 rings (SSSR count). The third kappa shape index (κ3) is 5.01. The average Bonchev–Trinajstić information content (AvgIpc) is 3.13. The van der Waals surface area contributed by atoms with Crippen molar-refractivity contribution < 1.29 is 14.6 Å². The number of likely N-dealkylation sites (tertiary alicyclic amines) is 1. The van der Waals surface area contributed by atoms with E-state index in [-0.39, 0.29) is 24.2 Å². The van der Waals surface area contributed by atoms with Crippen LogP contribution in [0.2, 0.25) is 0 Å². The predicted octanol–water partition coefficient (Wildman–Crippen LogP) is 3.85. The average molecular weight is 467 g/mol. The van der Waals surface area contributed by atoms with Gasteiger partial charge in [-0.2, -0.15) is 0 Å². The van der Waals surface area contributed by atoms with Gasteiger partial charge in [0.25, 0.3) is 5.56 Å². The molecule has 1 atom stereocenters. The van der Waals surface area contributed by atoms with Gasteiger partial charge in [-0.25, -0.2) is 9.78 Å². The number of aryl methyl sites for hydroxylation is 2. The summed E-state index contributed by atoms with van der Waals surface area (Å²) in [5.41, 5.74) is 3.54. The Morgan fingerprint density at radius 2 is 2.03 bits per heavy atom.